The van der Waals surface area contributed by atoms with Crippen molar-refractivity contribution in [3.63, 3.8) is 0 Å². The summed E-state index contributed by atoms with van der Waals surface area (Å²) < 4.78 is 0. The number of hydrogen-bond acceptors (Lipinski definition) is 2. The Kier molecular flexibility index (Phi) is 5.05. The van der Waals surface area contributed by atoms with Gasteiger partial charge in [0.2, 0.25) is 0 Å². The van der Waals surface area contributed by atoms with Crippen molar-refractivity contribution < 1.29 is 0 Å². The molecule has 1 aromatic carbocycles. The Morgan fingerprint density at radius 2 is 1.93 bits per heavy atom. The maximum absolute atomic E-state index is 5.78. The predicted molar refractivity (Wildman–Crippen MR) is 64.6 cm³/mol. The monoisotopic (exact) mass is 209 g/mol. The number of nitrogens with two attached hydrogens (primary N) is 1. The number of rotatable bonds is 5. The molecule has 0 saturated heterocycles. The van der Waals surface area contributed by atoms with Crippen LogP contribution in [0.2, 0.25) is 0 Å². The maximum Gasteiger partial charge on any atom is 0.0243 e. The van der Waals surface area contributed by atoms with Crippen molar-refractivity contribution in [2.75, 3.05) is 6.54 Å². The topological polar surface area (TPSA) is 26.0 Å². The van der Waals surface area contributed by atoms with Crippen molar-refractivity contribution >= 4 is 11.8 Å². The molecule has 78 valence electrons. The van der Waals surface area contributed by atoms with E-state index in [1.54, 1.807) is 0 Å². The summed E-state index contributed by atoms with van der Waals surface area (Å²) in [6.45, 7) is 5.25. The minimum Gasteiger partial charge on any atom is -0.329 e. The van der Waals surface area contributed by atoms with Gasteiger partial charge < -0.3 is 5.73 Å². The minimum absolute atomic E-state index is 0.544. The Bertz CT molecular complexity index is 248. The van der Waals surface area contributed by atoms with Gasteiger partial charge in [-0.25, -0.2) is 0 Å². The van der Waals surface area contributed by atoms with Crippen LogP contribution in [0.1, 0.15) is 20.3 Å². The van der Waals surface area contributed by atoms with Crippen molar-refractivity contribution in [3.05, 3.63) is 30.3 Å². The first-order chi connectivity index (χ1) is 6.77. The quantitative estimate of drug-likeness (QED) is 0.754. The molecular formula is C12H19NS. The molecule has 0 fully saturated rings. The summed E-state index contributed by atoms with van der Waals surface area (Å²) in [5.74, 6) is 0.685. The van der Waals surface area contributed by atoms with Gasteiger partial charge in [-0.3, -0.25) is 0 Å². The molecule has 2 N–H and O–H groups in total. The van der Waals surface area contributed by atoms with E-state index < -0.39 is 0 Å². The van der Waals surface area contributed by atoms with Crippen LogP contribution in [0.4, 0.5) is 0 Å². The van der Waals surface area contributed by atoms with Crippen molar-refractivity contribution in [1.29, 1.82) is 0 Å². The Hall–Kier alpha value is -0.470. The standard InChI is InChI=1S/C12H19NS/c1-3-10(2)12(9-13)14-11-7-5-4-6-8-11/h4-8,10,12H,3,9,13H2,1-2H3. The Morgan fingerprint density at radius 1 is 1.29 bits per heavy atom. The van der Waals surface area contributed by atoms with Crippen molar-refractivity contribution in [2.24, 2.45) is 11.7 Å². The van der Waals surface area contributed by atoms with Gasteiger partial charge in [0.05, 0.1) is 0 Å². The van der Waals surface area contributed by atoms with Gasteiger partial charge in [0.1, 0.15) is 0 Å². The first-order valence-electron chi connectivity index (χ1n) is 5.19. The molecule has 0 bridgehead atoms. The van der Waals surface area contributed by atoms with E-state index in [1.165, 1.54) is 11.3 Å². The molecule has 0 radical (unpaired) electrons. The van der Waals surface area contributed by atoms with Crippen molar-refractivity contribution in [1.82, 2.24) is 0 Å². The van der Waals surface area contributed by atoms with Gasteiger partial charge in [-0.1, -0.05) is 38.5 Å². The normalized spacial score (nSPS) is 15.1. The third kappa shape index (κ3) is 3.35. The molecule has 2 atom stereocenters. The summed E-state index contributed by atoms with van der Waals surface area (Å²) in [6, 6.07) is 10.5. The molecule has 1 nitrogen and oxygen atoms in total. The Labute approximate surface area is 91.1 Å². The molecule has 0 heterocycles. The van der Waals surface area contributed by atoms with Gasteiger partial charge in [0.15, 0.2) is 0 Å². The number of hydrogen-bond donors (Lipinski definition) is 1. The molecule has 1 aromatic rings. The van der Waals surface area contributed by atoms with E-state index in [9.17, 15) is 0 Å². The van der Waals surface area contributed by atoms with Crippen molar-refractivity contribution in [3.8, 4) is 0 Å². The first kappa shape index (κ1) is 11.6. The second-order valence-corrected chi connectivity index (χ2v) is 4.90. The Morgan fingerprint density at radius 3 is 2.43 bits per heavy atom. The SMILES string of the molecule is CCC(C)C(CN)Sc1ccccc1. The number of thioether (sulfide) groups is 1. The lowest BCUT2D eigenvalue weighted by Crippen LogP contribution is -2.23. The van der Waals surface area contributed by atoms with E-state index in [0.717, 1.165) is 6.54 Å². The third-order valence-electron chi connectivity index (χ3n) is 2.54. The molecule has 2 unspecified atom stereocenters. The minimum atomic E-state index is 0.544. The van der Waals surface area contributed by atoms with Gasteiger partial charge in [0.25, 0.3) is 0 Å². The summed E-state index contributed by atoms with van der Waals surface area (Å²) in [5, 5.41) is 0.544. The highest BCUT2D eigenvalue weighted by atomic mass is 32.2. The maximum atomic E-state index is 5.78. The molecule has 2 heteroatoms. The molecule has 1 rings (SSSR count). The predicted octanol–water partition coefficient (Wildman–Crippen LogP) is 3.15. The zero-order chi connectivity index (χ0) is 10.4. The van der Waals surface area contributed by atoms with E-state index in [1.807, 2.05) is 17.8 Å². The van der Waals surface area contributed by atoms with Crippen LogP contribution in [-0.4, -0.2) is 11.8 Å². The van der Waals surface area contributed by atoms with E-state index in [4.69, 9.17) is 5.73 Å². The van der Waals surface area contributed by atoms with Crippen LogP contribution in [0.3, 0.4) is 0 Å². The van der Waals surface area contributed by atoms with Crippen LogP contribution in [0.25, 0.3) is 0 Å². The smallest absolute Gasteiger partial charge is 0.0243 e. The Balaban J connectivity index is 2.57. The summed E-state index contributed by atoms with van der Waals surface area (Å²) in [7, 11) is 0. The van der Waals surface area contributed by atoms with Crippen LogP contribution in [0, 0.1) is 5.92 Å². The highest BCUT2D eigenvalue weighted by molar-refractivity contribution is 8.00. The highest BCUT2D eigenvalue weighted by Crippen LogP contribution is 2.28. The van der Waals surface area contributed by atoms with Crippen LogP contribution in [0.5, 0.6) is 0 Å². The van der Waals surface area contributed by atoms with Gasteiger partial charge >= 0.3 is 0 Å². The summed E-state index contributed by atoms with van der Waals surface area (Å²) in [4.78, 5) is 1.32. The van der Waals surface area contributed by atoms with Gasteiger partial charge in [0, 0.05) is 16.7 Å². The fraction of sp³-hybridized carbons (Fsp3) is 0.500. The summed E-state index contributed by atoms with van der Waals surface area (Å²) in [6.07, 6.45) is 1.20. The lowest BCUT2D eigenvalue weighted by molar-refractivity contribution is 0.538. The second kappa shape index (κ2) is 6.10. The van der Waals surface area contributed by atoms with E-state index in [0.29, 0.717) is 11.2 Å². The van der Waals surface area contributed by atoms with Crippen LogP contribution in [-0.2, 0) is 0 Å². The fourth-order valence-electron chi connectivity index (χ4n) is 1.33. The molecule has 14 heavy (non-hydrogen) atoms. The van der Waals surface area contributed by atoms with Crippen LogP contribution in [0.15, 0.2) is 35.2 Å². The lowest BCUT2D eigenvalue weighted by Gasteiger charge is -2.20. The van der Waals surface area contributed by atoms with Crippen LogP contribution >= 0.6 is 11.8 Å². The molecule has 0 aliphatic heterocycles. The zero-order valence-corrected chi connectivity index (χ0v) is 9.76. The largest absolute Gasteiger partial charge is 0.329 e. The van der Waals surface area contributed by atoms with Gasteiger partial charge in [-0.2, -0.15) is 0 Å². The highest BCUT2D eigenvalue weighted by Gasteiger charge is 2.14. The van der Waals surface area contributed by atoms with E-state index >= 15 is 0 Å². The van der Waals surface area contributed by atoms with E-state index in [2.05, 4.69) is 38.1 Å². The number of benzene rings is 1. The van der Waals surface area contributed by atoms with E-state index in [-0.39, 0.29) is 0 Å². The van der Waals surface area contributed by atoms with Crippen molar-refractivity contribution in [2.45, 2.75) is 30.4 Å². The first-order valence-corrected chi connectivity index (χ1v) is 6.07. The molecule has 0 spiro atoms. The molecule has 0 saturated carbocycles. The lowest BCUT2D eigenvalue weighted by atomic mass is 10.1. The second-order valence-electron chi connectivity index (χ2n) is 3.59. The summed E-state index contributed by atoms with van der Waals surface area (Å²) in [5.41, 5.74) is 5.78. The fourth-order valence-corrected chi connectivity index (χ4v) is 2.52. The average molecular weight is 209 g/mol. The van der Waals surface area contributed by atoms with Gasteiger partial charge in [-0.05, 0) is 18.1 Å². The summed E-state index contributed by atoms with van der Waals surface area (Å²) >= 11 is 1.90. The third-order valence-corrected chi connectivity index (χ3v) is 4.05. The average Bonchev–Trinajstić information content (AvgIpc) is 2.26. The zero-order valence-electron chi connectivity index (χ0n) is 8.94. The van der Waals surface area contributed by atoms with Gasteiger partial charge in [-0.15, -0.1) is 11.8 Å². The molecule has 0 aliphatic rings. The molecule has 0 amide bonds. The molecule has 0 aromatic heterocycles. The molecule has 0 aliphatic carbocycles. The molecular weight excluding hydrogens is 190 g/mol. The van der Waals surface area contributed by atoms with Crippen LogP contribution < -0.4 is 5.73 Å².